The fourth-order valence-corrected chi connectivity index (χ4v) is 1.61. The number of carbonyl (C=O) groups is 2. The van der Waals surface area contributed by atoms with Crippen LogP contribution in [0.2, 0.25) is 0 Å². The summed E-state index contributed by atoms with van der Waals surface area (Å²) in [5, 5.41) is 2.20. The zero-order chi connectivity index (χ0) is 15.4. The number of hydrogen-bond acceptors (Lipinski definition) is 4. The van der Waals surface area contributed by atoms with Gasteiger partial charge in [-0.25, -0.2) is 13.6 Å². The molecule has 1 heterocycles. The average molecular weight is 292 g/mol. The molecule has 0 atom stereocenters. The van der Waals surface area contributed by atoms with Crippen molar-refractivity contribution in [3.63, 3.8) is 0 Å². The molecule has 0 fully saturated rings. The van der Waals surface area contributed by atoms with E-state index in [4.69, 9.17) is 0 Å². The number of nitrogens with zero attached hydrogens (tertiary/aromatic N) is 1. The van der Waals surface area contributed by atoms with Crippen LogP contribution in [0.3, 0.4) is 0 Å². The molecule has 21 heavy (non-hydrogen) atoms. The van der Waals surface area contributed by atoms with Crippen LogP contribution in [0.15, 0.2) is 36.7 Å². The molecule has 1 amide bonds. The van der Waals surface area contributed by atoms with E-state index >= 15 is 0 Å². The Bertz CT molecular complexity index is 704. The molecule has 7 heteroatoms. The van der Waals surface area contributed by atoms with Crippen LogP contribution in [0, 0.1) is 11.6 Å². The summed E-state index contributed by atoms with van der Waals surface area (Å²) in [4.78, 5) is 26.7. The van der Waals surface area contributed by atoms with Crippen LogP contribution in [0.4, 0.5) is 14.5 Å². The first kappa shape index (κ1) is 14.6. The first-order valence-electron chi connectivity index (χ1n) is 5.81. The van der Waals surface area contributed by atoms with Gasteiger partial charge < -0.3 is 10.1 Å². The average Bonchev–Trinajstić information content (AvgIpc) is 2.49. The van der Waals surface area contributed by atoms with E-state index in [0.29, 0.717) is 0 Å². The van der Waals surface area contributed by atoms with E-state index in [0.717, 1.165) is 24.4 Å². The van der Waals surface area contributed by atoms with Gasteiger partial charge in [0.15, 0.2) is 5.82 Å². The molecule has 0 aliphatic rings. The summed E-state index contributed by atoms with van der Waals surface area (Å²) in [6, 6.07) is 4.49. The minimum absolute atomic E-state index is 0.0596. The zero-order valence-electron chi connectivity index (χ0n) is 10.9. The highest BCUT2D eigenvalue weighted by Crippen LogP contribution is 2.18. The molecule has 0 saturated heterocycles. The van der Waals surface area contributed by atoms with Gasteiger partial charge in [0, 0.05) is 6.20 Å². The number of aromatic nitrogens is 1. The second-order valence-electron chi connectivity index (χ2n) is 4.00. The van der Waals surface area contributed by atoms with Gasteiger partial charge in [-0.1, -0.05) is 0 Å². The highest BCUT2D eigenvalue weighted by Gasteiger charge is 2.15. The number of benzene rings is 1. The van der Waals surface area contributed by atoms with E-state index < -0.39 is 23.5 Å². The van der Waals surface area contributed by atoms with Gasteiger partial charge in [0.05, 0.1) is 30.1 Å². The molecule has 0 aliphatic carbocycles. The van der Waals surface area contributed by atoms with E-state index in [9.17, 15) is 18.4 Å². The van der Waals surface area contributed by atoms with Gasteiger partial charge in [0.1, 0.15) is 5.82 Å². The maximum absolute atomic E-state index is 13.6. The molecule has 0 saturated carbocycles. The normalized spacial score (nSPS) is 10.0. The molecule has 108 valence electrons. The van der Waals surface area contributed by atoms with Crippen LogP contribution in [0.5, 0.6) is 0 Å². The monoisotopic (exact) mass is 292 g/mol. The molecule has 1 N–H and O–H groups in total. The van der Waals surface area contributed by atoms with E-state index in [1.54, 1.807) is 0 Å². The summed E-state index contributed by atoms with van der Waals surface area (Å²) in [5.74, 6) is -3.12. The van der Waals surface area contributed by atoms with Gasteiger partial charge in [-0.3, -0.25) is 9.78 Å². The summed E-state index contributed by atoms with van der Waals surface area (Å²) in [6.45, 7) is 0. The van der Waals surface area contributed by atoms with Crippen molar-refractivity contribution >= 4 is 17.6 Å². The predicted octanol–water partition coefficient (Wildman–Crippen LogP) is 2.40. The largest absolute Gasteiger partial charge is 0.465 e. The maximum atomic E-state index is 13.6. The second kappa shape index (κ2) is 6.08. The minimum atomic E-state index is -0.851. The summed E-state index contributed by atoms with van der Waals surface area (Å²) >= 11 is 0. The first-order chi connectivity index (χ1) is 10.0. The van der Waals surface area contributed by atoms with Crippen LogP contribution in [-0.4, -0.2) is 24.0 Å². The standard InChI is InChI=1S/C14H10F2N2O3/c1-21-14(20)8-2-3-10(15)12(6-8)18-13(19)9-4-5-17-7-11(9)16/h2-7H,1H3,(H,18,19). The van der Waals surface area contributed by atoms with Gasteiger partial charge in [0.25, 0.3) is 5.91 Å². The molecule has 1 aromatic heterocycles. The van der Waals surface area contributed by atoms with E-state index in [1.165, 1.54) is 19.4 Å². The molecule has 0 aliphatic heterocycles. The number of pyridine rings is 1. The van der Waals surface area contributed by atoms with Crippen LogP contribution in [-0.2, 0) is 4.74 Å². The lowest BCUT2D eigenvalue weighted by Gasteiger charge is -2.08. The number of rotatable bonds is 3. The Labute approximate surface area is 118 Å². The van der Waals surface area contributed by atoms with Crippen molar-refractivity contribution in [3.8, 4) is 0 Å². The Morgan fingerprint density at radius 3 is 2.62 bits per heavy atom. The number of methoxy groups -OCH3 is 1. The third-order valence-electron chi connectivity index (χ3n) is 2.65. The van der Waals surface area contributed by atoms with Gasteiger partial charge in [-0.05, 0) is 24.3 Å². The lowest BCUT2D eigenvalue weighted by molar-refractivity contribution is 0.0600. The number of nitrogens with one attached hydrogen (secondary N) is 1. The number of carbonyl (C=O) groups excluding carboxylic acids is 2. The molecule has 0 radical (unpaired) electrons. The summed E-state index contributed by atoms with van der Waals surface area (Å²) < 4.78 is 31.6. The number of esters is 1. The number of hydrogen-bond donors (Lipinski definition) is 1. The van der Waals surface area contributed by atoms with Gasteiger partial charge in [-0.15, -0.1) is 0 Å². The van der Waals surface area contributed by atoms with Crippen molar-refractivity contribution in [2.24, 2.45) is 0 Å². The van der Waals surface area contributed by atoms with Gasteiger partial charge in [0.2, 0.25) is 0 Å². The fraction of sp³-hybridized carbons (Fsp3) is 0.0714. The third kappa shape index (κ3) is 3.19. The van der Waals surface area contributed by atoms with Crippen molar-refractivity contribution in [2.45, 2.75) is 0 Å². The van der Waals surface area contributed by atoms with E-state index in [1.807, 2.05) is 0 Å². The Morgan fingerprint density at radius 2 is 1.95 bits per heavy atom. The molecule has 0 bridgehead atoms. The number of amides is 1. The van der Waals surface area contributed by atoms with Crippen LogP contribution in [0.25, 0.3) is 0 Å². The van der Waals surface area contributed by atoms with Crippen molar-refractivity contribution in [3.05, 3.63) is 59.4 Å². The maximum Gasteiger partial charge on any atom is 0.337 e. The fourth-order valence-electron chi connectivity index (χ4n) is 1.61. The summed E-state index contributed by atoms with van der Waals surface area (Å²) in [5.41, 5.74) is -0.476. The Hall–Kier alpha value is -2.83. The Morgan fingerprint density at radius 1 is 1.19 bits per heavy atom. The summed E-state index contributed by atoms with van der Waals surface area (Å²) in [7, 11) is 1.18. The molecule has 2 rings (SSSR count). The first-order valence-corrected chi connectivity index (χ1v) is 5.81. The van der Waals surface area contributed by atoms with Crippen LogP contribution >= 0.6 is 0 Å². The minimum Gasteiger partial charge on any atom is -0.465 e. The third-order valence-corrected chi connectivity index (χ3v) is 2.65. The Kier molecular flexibility index (Phi) is 4.22. The van der Waals surface area contributed by atoms with Gasteiger partial charge >= 0.3 is 5.97 Å². The smallest absolute Gasteiger partial charge is 0.337 e. The number of halogens is 2. The molecule has 1 aromatic carbocycles. The van der Waals surface area contributed by atoms with Crippen molar-refractivity contribution in [1.29, 1.82) is 0 Å². The van der Waals surface area contributed by atoms with E-state index in [2.05, 4.69) is 15.0 Å². The topological polar surface area (TPSA) is 68.3 Å². The number of anilines is 1. The van der Waals surface area contributed by atoms with Crippen molar-refractivity contribution in [2.75, 3.05) is 12.4 Å². The van der Waals surface area contributed by atoms with Crippen LogP contribution < -0.4 is 5.32 Å². The number of ether oxygens (including phenoxy) is 1. The van der Waals surface area contributed by atoms with Crippen molar-refractivity contribution < 1.29 is 23.1 Å². The van der Waals surface area contributed by atoms with E-state index in [-0.39, 0.29) is 16.8 Å². The van der Waals surface area contributed by atoms with Gasteiger partial charge in [-0.2, -0.15) is 0 Å². The highest BCUT2D eigenvalue weighted by molar-refractivity contribution is 6.05. The highest BCUT2D eigenvalue weighted by atomic mass is 19.1. The quantitative estimate of drug-likeness (QED) is 0.882. The molecule has 2 aromatic rings. The molecular weight excluding hydrogens is 282 g/mol. The molecule has 0 unspecified atom stereocenters. The molecule has 5 nitrogen and oxygen atoms in total. The van der Waals surface area contributed by atoms with Crippen molar-refractivity contribution in [1.82, 2.24) is 4.98 Å². The molecular formula is C14H10F2N2O3. The second-order valence-corrected chi connectivity index (χ2v) is 4.00. The summed E-state index contributed by atoms with van der Waals surface area (Å²) in [6.07, 6.45) is 2.11. The Balaban J connectivity index is 2.29. The van der Waals surface area contributed by atoms with Crippen LogP contribution in [0.1, 0.15) is 20.7 Å². The molecule has 0 spiro atoms. The lowest BCUT2D eigenvalue weighted by atomic mass is 10.1. The SMILES string of the molecule is COC(=O)c1ccc(F)c(NC(=O)c2ccncc2F)c1. The lowest BCUT2D eigenvalue weighted by Crippen LogP contribution is -2.15. The predicted molar refractivity (Wildman–Crippen MR) is 69.9 cm³/mol. The zero-order valence-corrected chi connectivity index (χ0v) is 10.9.